The largest absolute Gasteiger partial charge is 0.439 e. The van der Waals surface area contributed by atoms with E-state index in [2.05, 4.69) is 11.8 Å². The third kappa shape index (κ3) is 3.77. The number of thiophene rings is 1. The highest BCUT2D eigenvalue weighted by atomic mass is 32.1. The minimum atomic E-state index is -0.277. The molecule has 1 aliphatic rings. The second-order valence-electron chi connectivity index (χ2n) is 6.65. The van der Waals surface area contributed by atoms with E-state index in [0.29, 0.717) is 42.5 Å². The number of anilines is 2. The summed E-state index contributed by atoms with van der Waals surface area (Å²) in [5.41, 5.74) is 2.96. The van der Waals surface area contributed by atoms with Crippen LogP contribution in [0.25, 0.3) is 21.4 Å². The minimum absolute atomic E-state index is 0.0503. The molecular formula is C22H20N2O4S. The monoisotopic (exact) mass is 408 g/mol. The van der Waals surface area contributed by atoms with Crippen molar-refractivity contribution < 1.29 is 13.9 Å². The van der Waals surface area contributed by atoms with Crippen molar-refractivity contribution in [1.82, 2.24) is 0 Å². The molecule has 1 amide bonds. The second kappa shape index (κ2) is 8.11. The van der Waals surface area contributed by atoms with Gasteiger partial charge in [0.2, 0.25) is 5.43 Å². The zero-order valence-electron chi connectivity index (χ0n) is 16.2. The van der Waals surface area contributed by atoms with Crippen molar-refractivity contribution in [2.45, 2.75) is 6.92 Å². The number of amides is 1. The van der Waals surface area contributed by atoms with Gasteiger partial charge < -0.3 is 19.0 Å². The molecule has 0 radical (unpaired) electrons. The van der Waals surface area contributed by atoms with Gasteiger partial charge in [0.1, 0.15) is 4.70 Å². The number of hydrogen-bond acceptors (Lipinski definition) is 6. The number of hydrogen-bond donors (Lipinski definition) is 0. The maximum Gasteiger partial charge on any atom is 0.302 e. The van der Waals surface area contributed by atoms with E-state index in [4.69, 9.17) is 9.15 Å². The van der Waals surface area contributed by atoms with E-state index in [-0.39, 0.29) is 11.3 Å². The summed E-state index contributed by atoms with van der Waals surface area (Å²) in [6.45, 7) is 4.24. The van der Waals surface area contributed by atoms with Crippen LogP contribution in [0.3, 0.4) is 0 Å². The summed E-state index contributed by atoms with van der Waals surface area (Å²) in [5.74, 6) is 5.45. The van der Waals surface area contributed by atoms with Crippen molar-refractivity contribution in [3.8, 4) is 23.0 Å². The topological polar surface area (TPSA) is 63.0 Å². The van der Waals surface area contributed by atoms with Gasteiger partial charge in [0.05, 0.1) is 13.2 Å². The van der Waals surface area contributed by atoms with Crippen molar-refractivity contribution in [3.05, 3.63) is 45.9 Å². The molecule has 148 valence electrons. The molecule has 29 heavy (non-hydrogen) atoms. The Kier molecular flexibility index (Phi) is 5.38. The van der Waals surface area contributed by atoms with Gasteiger partial charge >= 0.3 is 5.91 Å². The Bertz CT molecular complexity index is 1180. The lowest BCUT2D eigenvalue weighted by Crippen LogP contribution is -2.36. The Labute approximate surface area is 172 Å². The van der Waals surface area contributed by atoms with E-state index in [1.165, 1.54) is 16.2 Å². The summed E-state index contributed by atoms with van der Waals surface area (Å²) in [7, 11) is 1.69. The van der Waals surface area contributed by atoms with E-state index in [0.717, 1.165) is 16.8 Å². The summed E-state index contributed by atoms with van der Waals surface area (Å²) in [5, 5.41) is 1.92. The average Bonchev–Trinajstić information content (AvgIpc) is 3.19. The highest BCUT2D eigenvalue weighted by Crippen LogP contribution is 2.35. The van der Waals surface area contributed by atoms with Crippen LogP contribution in [0.1, 0.15) is 6.92 Å². The lowest BCUT2D eigenvalue weighted by atomic mass is 10.1. The van der Waals surface area contributed by atoms with Crippen molar-refractivity contribution >= 4 is 39.1 Å². The number of rotatable bonds is 3. The average molecular weight is 408 g/mol. The highest BCUT2D eigenvalue weighted by Gasteiger charge is 2.19. The fourth-order valence-electron chi connectivity index (χ4n) is 3.26. The normalized spacial score (nSPS) is 13.8. The van der Waals surface area contributed by atoms with Crippen LogP contribution in [-0.4, -0.2) is 39.3 Å². The van der Waals surface area contributed by atoms with E-state index < -0.39 is 0 Å². The van der Waals surface area contributed by atoms with E-state index in [1.54, 1.807) is 20.0 Å². The van der Waals surface area contributed by atoms with Crippen molar-refractivity contribution in [2.24, 2.45) is 0 Å². The maximum absolute atomic E-state index is 12.6. The maximum atomic E-state index is 12.6. The Hall–Kier alpha value is -3.08. The zero-order valence-corrected chi connectivity index (χ0v) is 17.0. The Morgan fingerprint density at radius 1 is 1.24 bits per heavy atom. The molecule has 1 fully saturated rings. The molecule has 3 heterocycles. The van der Waals surface area contributed by atoms with Crippen LogP contribution in [0, 0.1) is 11.8 Å². The Morgan fingerprint density at radius 3 is 2.79 bits per heavy atom. The first-order valence-electron chi connectivity index (χ1n) is 9.27. The predicted molar refractivity (Wildman–Crippen MR) is 116 cm³/mol. The minimum Gasteiger partial charge on any atom is -0.439 e. The van der Waals surface area contributed by atoms with Gasteiger partial charge in [-0.2, -0.15) is 0 Å². The molecule has 3 aromatic rings. The summed E-state index contributed by atoms with van der Waals surface area (Å²) in [6.07, 6.45) is 0. The highest BCUT2D eigenvalue weighted by molar-refractivity contribution is 7.17. The summed E-state index contributed by atoms with van der Waals surface area (Å²) >= 11 is 1.37. The number of benzene rings is 1. The molecule has 1 saturated heterocycles. The van der Waals surface area contributed by atoms with Gasteiger partial charge in [0, 0.05) is 42.8 Å². The van der Waals surface area contributed by atoms with Crippen LogP contribution in [0.4, 0.5) is 11.6 Å². The fraction of sp³-hybridized carbons (Fsp3) is 0.273. The third-order valence-electron chi connectivity index (χ3n) is 4.83. The van der Waals surface area contributed by atoms with E-state index >= 15 is 0 Å². The Balaban J connectivity index is 1.77. The van der Waals surface area contributed by atoms with Gasteiger partial charge in [0.25, 0.3) is 0 Å². The molecule has 1 aromatic carbocycles. The molecule has 0 atom stereocenters. The van der Waals surface area contributed by atoms with Crippen LogP contribution < -0.4 is 15.2 Å². The first-order chi connectivity index (χ1) is 14.1. The third-order valence-corrected chi connectivity index (χ3v) is 5.81. The molecule has 0 unspecified atom stereocenters. The lowest BCUT2D eigenvalue weighted by molar-refractivity contribution is -0.113. The predicted octanol–water partition coefficient (Wildman–Crippen LogP) is 3.34. The summed E-state index contributed by atoms with van der Waals surface area (Å²) in [4.78, 5) is 28.3. The number of morpholine rings is 1. The van der Waals surface area contributed by atoms with Gasteiger partial charge in [-0.15, -0.1) is 11.3 Å². The van der Waals surface area contributed by atoms with Crippen LogP contribution in [-0.2, 0) is 9.53 Å². The Morgan fingerprint density at radius 2 is 2.03 bits per heavy atom. The number of ether oxygens (including phenoxy) is 1. The van der Waals surface area contributed by atoms with Gasteiger partial charge in [-0.05, 0) is 30.5 Å². The molecule has 7 heteroatoms. The molecule has 6 nitrogen and oxygen atoms in total. The molecule has 0 N–H and O–H groups in total. The number of carbonyl (C=O) groups excluding carboxylic acids is 1. The van der Waals surface area contributed by atoms with Crippen molar-refractivity contribution in [3.63, 3.8) is 0 Å². The molecule has 1 aliphatic heterocycles. The van der Waals surface area contributed by atoms with Crippen LogP contribution >= 0.6 is 11.3 Å². The van der Waals surface area contributed by atoms with Crippen molar-refractivity contribution in [2.75, 3.05) is 43.2 Å². The summed E-state index contributed by atoms with van der Waals surface area (Å²) in [6, 6.07) is 9.12. The first-order valence-corrected chi connectivity index (χ1v) is 10.2. The van der Waals surface area contributed by atoms with E-state index in [9.17, 15) is 9.59 Å². The zero-order chi connectivity index (χ0) is 20.4. The van der Waals surface area contributed by atoms with E-state index in [1.807, 2.05) is 34.5 Å². The molecular weight excluding hydrogens is 388 g/mol. The lowest BCUT2D eigenvalue weighted by Gasteiger charge is -2.27. The molecule has 0 aliphatic carbocycles. The van der Waals surface area contributed by atoms with Gasteiger partial charge in [-0.3, -0.25) is 9.59 Å². The molecule has 0 bridgehead atoms. The van der Waals surface area contributed by atoms with Crippen molar-refractivity contribution in [1.29, 1.82) is 0 Å². The van der Waals surface area contributed by atoms with Crippen LogP contribution in [0.15, 0.2) is 44.9 Å². The molecule has 0 spiro atoms. The van der Waals surface area contributed by atoms with Gasteiger partial charge in [0.15, 0.2) is 11.5 Å². The number of carbonyl (C=O) groups is 1. The molecule has 4 rings (SSSR count). The molecule has 0 saturated carbocycles. The molecule has 2 aromatic heterocycles. The fourth-order valence-corrected chi connectivity index (χ4v) is 4.17. The van der Waals surface area contributed by atoms with Crippen LogP contribution in [0.5, 0.6) is 0 Å². The van der Waals surface area contributed by atoms with Crippen LogP contribution in [0.2, 0.25) is 0 Å². The number of fused-ring (bicyclic) bond motifs is 1. The SMILES string of the molecule is CC#CC(=O)N(C)c1cccc(-c2csc3c(=O)cc(N4CCOCC4)oc23)c1. The first kappa shape index (κ1) is 19.2. The van der Waals surface area contributed by atoms with Gasteiger partial charge in [-0.25, -0.2) is 0 Å². The smallest absolute Gasteiger partial charge is 0.302 e. The van der Waals surface area contributed by atoms with Gasteiger partial charge in [-0.1, -0.05) is 18.1 Å². The summed E-state index contributed by atoms with van der Waals surface area (Å²) < 4.78 is 12.1. The quantitative estimate of drug-likeness (QED) is 0.622. The number of nitrogens with zero attached hydrogens (tertiary/aromatic N) is 2. The second-order valence-corrected chi connectivity index (χ2v) is 7.53. The standard InChI is InChI=1S/C22H20N2O4S/c1-3-5-19(26)23(2)16-7-4-6-15(12-16)17-14-29-22-18(25)13-20(28-21(17)22)24-8-10-27-11-9-24/h4,6-7,12-14H,8-11H2,1-2H3.